The number of primary amides is 1. The minimum Gasteiger partial charge on any atom is -0.366 e. The second-order valence-electron chi connectivity index (χ2n) is 5.60. The van der Waals surface area contributed by atoms with Crippen LogP contribution >= 0.6 is 0 Å². The summed E-state index contributed by atoms with van der Waals surface area (Å²) in [5.41, 5.74) is 7.73. The van der Waals surface area contributed by atoms with Gasteiger partial charge in [-0.2, -0.15) is 0 Å². The van der Waals surface area contributed by atoms with Gasteiger partial charge in [-0.1, -0.05) is 0 Å². The van der Waals surface area contributed by atoms with E-state index in [-0.39, 0.29) is 0 Å². The molecule has 3 N–H and O–H groups in total. The summed E-state index contributed by atoms with van der Waals surface area (Å²) in [4.78, 5) is 15.9. The maximum Gasteiger partial charge on any atom is 0.248 e. The SMILES string of the molecule is NC(=O)c1ccn2cc(C3CC4CCC3N4)nc2c1. The van der Waals surface area contributed by atoms with E-state index >= 15 is 0 Å². The van der Waals surface area contributed by atoms with Crippen LogP contribution in [0, 0.1) is 0 Å². The maximum absolute atomic E-state index is 11.2. The molecule has 3 unspecified atom stereocenters. The zero-order chi connectivity index (χ0) is 13.0. The molecule has 0 spiro atoms. The Labute approximate surface area is 110 Å². The van der Waals surface area contributed by atoms with E-state index in [1.165, 1.54) is 19.3 Å². The normalized spacial score (nSPS) is 29.2. The van der Waals surface area contributed by atoms with Crippen LogP contribution in [0.15, 0.2) is 24.5 Å². The summed E-state index contributed by atoms with van der Waals surface area (Å²) in [5.74, 6) is 0.101. The van der Waals surface area contributed by atoms with Gasteiger partial charge in [-0.25, -0.2) is 4.98 Å². The summed E-state index contributed by atoms with van der Waals surface area (Å²) in [6, 6.07) is 4.73. The van der Waals surface area contributed by atoms with Crippen molar-refractivity contribution in [3.63, 3.8) is 0 Å². The van der Waals surface area contributed by atoms with Crippen LogP contribution in [0.4, 0.5) is 0 Å². The van der Waals surface area contributed by atoms with E-state index < -0.39 is 5.91 Å². The predicted octanol–water partition coefficient (Wildman–Crippen LogP) is 1.04. The first kappa shape index (κ1) is 11.0. The largest absolute Gasteiger partial charge is 0.366 e. The molecular weight excluding hydrogens is 240 g/mol. The number of nitrogens with one attached hydrogen (secondary N) is 1. The smallest absolute Gasteiger partial charge is 0.248 e. The van der Waals surface area contributed by atoms with Crippen molar-refractivity contribution in [2.24, 2.45) is 5.73 Å². The highest BCUT2D eigenvalue weighted by atomic mass is 16.1. The first-order valence-corrected chi connectivity index (χ1v) is 6.75. The molecule has 2 saturated heterocycles. The van der Waals surface area contributed by atoms with Gasteiger partial charge in [0.2, 0.25) is 5.91 Å². The van der Waals surface area contributed by atoms with E-state index in [4.69, 9.17) is 5.73 Å². The third kappa shape index (κ3) is 1.65. The molecule has 2 aromatic rings. The summed E-state index contributed by atoms with van der Waals surface area (Å²) in [6.45, 7) is 0. The summed E-state index contributed by atoms with van der Waals surface area (Å²) in [6.07, 6.45) is 7.65. The molecule has 1 amide bonds. The van der Waals surface area contributed by atoms with Crippen LogP contribution in [0.5, 0.6) is 0 Å². The summed E-state index contributed by atoms with van der Waals surface area (Å²) >= 11 is 0. The van der Waals surface area contributed by atoms with Gasteiger partial charge in [0, 0.05) is 36.0 Å². The van der Waals surface area contributed by atoms with Gasteiger partial charge in [-0.15, -0.1) is 0 Å². The summed E-state index contributed by atoms with van der Waals surface area (Å²) in [7, 11) is 0. The number of fused-ring (bicyclic) bond motifs is 3. The fourth-order valence-electron chi connectivity index (χ4n) is 3.48. The number of nitrogens with zero attached hydrogens (tertiary/aromatic N) is 2. The fraction of sp³-hybridized carbons (Fsp3) is 0.429. The van der Waals surface area contributed by atoms with Crippen molar-refractivity contribution >= 4 is 11.6 Å². The Morgan fingerprint density at radius 3 is 3.05 bits per heavy atom. The van der Waals surface area contributed by atoms with Crippen LogP contribution in [0.1, 0.15) is 41.2 Å². The number of carbonyl (C=O) groups is 1. The van der Waals surface area contributed by atoms with Gasteiger partial charge in [-0.3, -0.25) is 4.79 Å². The first-order chi connectivity index (χ1) is 9.20. The third-order valence-electron chi connectivity index (χ3n) is 4.44. The molecule has 0 radical (unpaired) electrons. The second kappa shape index (κ2) is 3.81. The Bertz CT molecular complexity index is 663. The molecule has 0 aromatic carbocycles. The Morgan fingerprint density at radius 2 is 2.37 bits per heavy atom. The number of carbonyl (C=O) groups excluding carboxylic acids is 1. The lowest BCUT2D eigenvalue weighted by molar-refractivity contribution is 0.100. The highest BCUT2D eigenvalue weighted by Crippen LogP contribution is 2.39. The molecule has 0 saturated carbocycles. The maximum atomic E-state index is 11.2. The standard InChI is InChI=1S/C14H16N4O/c15-14(19)8-3-4-18-7-12(17-13(18)5-8)10-6-9-1-2-11(10)16-9/h3-5,7,9-11,16H,1-2,6H2,(H2,15,19). The van der Waals surface area contributed by atoms with Gasteiger partial charge < -0.3 is 15.5 Å². The number of nitrogens with two attached hydrogens (primary N) is 1. The molecule has 4 heterocycles. The van der Waals surface area contributed by atoms with Crippen LogP contribution in [0.2, 0.25) is 0 Å². The zero-order valence-corrected chi connectivity index (χ0v) is 10.5. The van der Waals surface area contributed by atoms with Gasteiger partial charge >= 0.3 is 0 Å². The topological polar surface area (TPSA) is 72.4 Å². The quantitative estimate of drug-likeness (QED) is 0.843. The average molecular weight is 256 g/mol. The van der Waals surface area contributed by atoms with Gasteiger partial charge in [0.1, 0.15) is 5.65 Å². The third-order valence-corrected chi connectivity index (χ3v) is 4.44. The van der Waals surface area contributed by atoms with Crippen LogP contribution in [0.25, 0.3) is 5.65 Å². The van der Waals surface area contributed by atoms with E-state index in [9.17, 15) is 4.79 Å². The van der Waals surface area contributed by atoms with Crippen LogP contribution in [-0.2, 0) is 0 Å². The number of amides is 1. The average Bonchev–Trinajstić information content (AvgIpc) is 3.11. The molecule has 4 rings (SSSR count). The molecule has 19 heavy (non-hydrogen) atoms. The number of pyridine rings is 1. The minimum absolute atomic E-state index is 0.409. The van der Waals surface area contributed by atoms with E-state index in [1.54, 1.807) is 12.1 Å². The Morgan fingerprint density at radius 1 is 1.47 bits per heavy atom. The van der Waals surface area contributed by atoms with Crippen molar-refractivity contribution in [3.05, 3.63) is 35.8 Å². The van der Waals surface area contributed by atoms with Gasteiger partial charge in [0.05, 0.1) is 5.69 Å². The molecule has 5 heteroatoms. The molecule has 0 aliphatic carbocycles. The number of hydrogen-bond acceptors (Lipinski definition) is 3. The van der Waals surface area contributed by atoms with Crippen molar-refractivity contribution in [1.29, 1.82) is 0 Å². The highest BCUT2D eigenvalue weighted by Gasteiger charge is 2.40. The first-order valence-electron chi connectivity index (χ1n) is 6.75. The van der Waals surface area contributed by atoms with Crippen molar-refractivity contribution in [2.75, 3.05) is 0 Å². The lowest BCUT2D eigenvalue weighted by atomic mass is 9.87. The van der Waals surface area contributed by atoms with E-state index in [1.807, 2.05) is 10.6 Å². The Kier molecular flexibility index (Phi) is 2.20. The van der Waals surface area contributed by atoms with E-state index in [2.05, 4.69) is 16.5 Å². The molecule has 3 atom stereocenters. The lowest BCUT2D eigenvalue weighted by Gasteiger charge is -2.17. The Hall–Kier alpha value is -1.88. The molecule has 5 nitrogen and oxygen atoms in total. The lowest BCUT2D eigenvalue weighted by Crippen LogP contribution is -2.21. The molecule has 2 aliphatic heterocycles. The number of rotatable bonds is 2. The van der Waals surface area contributed by atoms with Gasteiger partial charge in [-0.05, 0) is 31.4 Å². The van der Waals surface area contributed by atoms with Crippen molar-refractivity contribution in [2.45, 2.75) is 37.3 Å². The highest BCUT2D eigenvalue weighted by molar-refractivity contribution is 5.93. The van der Waals surface area contributed by atoms with E-state index in [0.717, 1.165) is 11.3 Å². The second-order valence-corrected chi connectivity index (χ2v) is 5.60. The molecule has 2 bridgehead atoms. The van der Waals surface area contributed by atoms with E-state index in [0.29, 0.717) is 23.6 Å². The number of aromatic nitrogens is 2. The van der Waals surface area contributed by atoms with Crippen molar-refractivity contribution in [1.82, 2.24) is 14.7 Å². The van der Waals surface area contributed by atoms with Crippen molar-refractivity contribution in [3.8, 4) is 0 Å². The predicted molar refractivity (Wildman–Crippen MR) is 71.0 cm³/mol. The minimum atomic E-state index is -0.409. The van der Waals surface area contributed by atoms with Crippen LogP contribution in [-0.4, -0.2) is 27.4 Å². The van der Waals surface area contributed by atoms with Gasteiger partial charge in [0.15, 0.2) is 0 Å². The molecular formula is C14H16N4O. The molecule has 98 valence electrons. The zero-order valence-electron chi connectivity index (χ0n) is 10.5. The monoisotopic (exact) mass is 256 g/mol. The van der Waals surface area contributed by atoms with Crippen LogP contribution in [0.3, 0.4) is 0 Å². The number of imidazole rings is 1. The fourth-order valence-corrected chi connectivity index (χ4v) is 3.48. The molecule has 2 aliphatic rings. The van der Waals surface area contributed by atoms with Gasteiger partial charge in [0.25, 0.3) is 0 Å². The van der Waals surface area contributed by atoms with Crippen molar-refractivity contribution < 1.29 is 4.79 Å². The summed E-state index contributed by atoms with van der Waals surface area (Å²) in [5, 5.41) is 3.63. The molecule has 2 fully saturated rings. The molecule has 2 aromatic heterocycles. The summed E-state index contributed by atoms with van der Waals surface area (Å²) < 4.78 is 1.97. The van der Waals surface area contributed by atoms with Crippen LogP contribution < -0.4 is 11.1 Å². The Balaban J connectivity index is 1.73. The number of hydrogen-bond donors (Lipinski definition) is 2.